The molecule has 0 spiro atoms. The second kappa shape index (κ2) is 6.77. The Hall–Kier alpha value is -1.05. The summed E-state index contributed by atoms with van der Waals surface area (Å²) in [6.07, 6.45) is -0.878. The Morgan fingerprint density at radius 3 is 2.83 bits per heavy atom. The number of alkyl halides is 1. The molecule has 2 atom stereocenters. The van der Waals surface area contributed by atoms with Crippen LogP contribution in [0.15, 0.2) is 12.3 Å². The summed E-state index contributed by atoms with van der Waals surface area (Å²) < 4.78 is 17.6. The van der Waals surface area contributed by atoms with E-state index in [0.717, 1.165) is 19.4 Å². The van der Waals surface area contributed by atoms with E-state index in [9.17, 15) is 19.4 Å². The molecule has 1 heterocycles. The van der Waals surface area contributed by atoms with Crippen molar-refractivity contribution in [2.45, 2.75) is 18.6 Å². The van der Waals surface area contributed by atoms with Gasteiger partial charge in [0.2, 0.25) is 5.95 Å². The van der Waals surface area contributed by atoms with E-state index in [1.165, 1.54) is 0 Å². The number of pyridine rings is 1. The third-order valence-corrected chi connectivity index (χ3v) is 2.83. The highest BCUT2D eigenvalue weighted by molar-refractivity contribution is 9.09. The lowest BCUT2D eigenvalue weighted by atomic mass is 10.0. The quantitative estimate of drug-likeness (QED) is 0.484. The number of methoxy groups -OCH3 is 1. The average molecular weight is 322 g/mol. The number of nitrogens with zero attached hydrogens (tertiary/aromatic N) is 1. The first-order valence-corrected chi connectivity index (χ1v) is 6.29. The molecule has 0 aromatic carbocycles. The van der Waals surface area contributed by atoms with Crippen LogP contribution in [0.5, 0.6) is 0 Å². The highest BCUT2D eigenvalue weighted by Crippen LogP contribution is 2.21. The number of aliphatic hydroxyl groups excluding tert-OH is 2. The van der Waals surface area contributed by atoms with Crippen molar-refractivity contribution in [2.75, 3.05) is 12.4 Å². The molecular formula is C11H13BrFNO4. The zero-order valence-corrected chi connectivity index (χ0v) is 11.2. The highest BCUT2D eigenvalue weighted by Gasteiger charge is 2.22. The van der Waals surface area contributed by atoms with Gasteiger partial charge in [-0.1, -0.05) is 15.9 Å². The molecule has 0 amide bonds. The topological polar surface area (TPSA) is 79.7 Å². The molecule has 0 saturated carbocycles. The van der Waals surface area contributed by atoms with Crippen molar-refractivity contribution in [3.63, 3.8) is 0 Å². The zero-order valence-electron chi connectivity index (χ0n) is 9.64. The first-order valence-electron chi connectivity index (χ1n) is 5.17. The van der Waals surface area contributed by atoms with Gasteiger partial charge in [-0.3, -0.25) is 0 Å². The van der Waals surface area contributed by atoms with Gasteiger partial charge in [-0.25, -0.2) is 9.78 Å². The number of aliphatic hydroxyl groups is 2. The van der Waals surface area contributed by atoms with Crippen LogP contribution in [0.3, 0.4) is 0 Å². The lowest BCUT2D eigenvalue weighted by Gasteiger charge is -2.17. The van der Waals surface area contributed by atoms with Gasteiger partial charge in [0, 0.05) is 17.1 Å². The molecule has 0 aliphatic carbocycles. The van der Waals surface area contributed by atoms with E-state index in [1.54, 1.807) is 0 Å². The van der Waals surface area contributed by atoms with Gasteiger partial charge in [-0.2, -0.15) is 4.39 Å². The van der Waals surface area contributed by atoms with Crippen molar-refractivity contribution >= 4 is 21.9 Å². The largest absolute Gasteiger partial charge is 0.465 e. The monoisotopic (exact) mass is 321 g/mol. The number of aromatic nitrogens is 1. The number of rotatable bonds is 5. The predicted octanol–water partition coefficient (Wildman–Crippen LogP) is 1.19. The predicted molar refractivity (Wildman–Crippen MR) is 64.9 cm³/mol. The molecule has 0 radical (unpaired) electrons. The second-order valence-electron chi connectivity index (χ2n) is 3.59. The van der Waals surface area contributed by atoms with Crippen LogP contribution in [0, 0.1) is 5.95 Å². The van der Waals surface area contributed by atoms with Crippen LogP contribution in [0.1, 0.15) is 28.4 Å². The number of halogens is 2. The highest BCUT2D eigenvalue weighted by atomic mass is 79.9. The SMILES string of the molecule is COC(=O)c1cc(C(O)C(O)CCBr)cnc1F. The first kappa shape index (κ1) is 15.0. The maximum absolute atomic E-state index is 13.3. The molecule has 7 heteroatoms. The molecule has 5 nitrogen and oxygen atoms in total. The summed E-state index contributed by atoms with van der Waals surface area (Å²) in [5.41, 5.74) is -0.217. The maximum atomic E-state index is 13.3. The molecule has 0 aliphatic rings. The summed E-state index contributed by atoms with van der Waals surface area (Å²) >= 11 is 3.13. The van der Waals surface area contributed by atoms with Gasteiger partial charge in [0.1, 0.15) is 11.7 Å². The van der Waals surface area contributed by atoms with Crippen LogP contribution < -0.4 is 0 Å². The third-order valence-electron chi connectivity index (χ3n) is 2.38. The smallest absolute Gasteiger partial charge is 0.342 e. The van der Waals surface area contributed by atoms with E-state index < -0.39 is 24.1 Å². The van der Waals surface area contributed by atoms with E-state index in [-0.39, 0.29) is 11.1 Å². The summed E-state index contributed by atoms with van der Waals surface area (Å²) in [7, 11) is 1.12. The van der Waals surface area contributed by atoms with Crippen LogP contribution in [0.4, 0.5) is 4.39 Å². The zero-order chi connectivity index (χ0) is 13.7. The van der Waals surface area contributed by atoms with Crippen molar-refractivity contribution in [1.82, 2.24) is 4.98 Å². The first-order chi connectivity index (χ1) is 8.51. The van der Waals surface area contributed by atoms with E-state index in [4.69, 9.17) is 0 Å². The molecule has 100 valence electrons. The van der Waals surface area contributed by atoms with Gasteiger partial charge in [-0.05, 0) is 12.5 Å². The van der Waals surface area contributed by atoms with Gasteiger partial charge < -0.3 is 14.9 Å². The Morgan fingerprint density at radius 2 is 2.28 bits per heavy atom. The number of carbonyl (C=O) groups excluding carboxylic acids is 1. The molecule has 1 aromatic heterocycles. The van der Waals surface area contributed by atoms with Crippen LogP contribution in [0.25, 0.3) is 0 Å². The van der Waals surface area contributed by atoms with Gasteiger partial charge in [-0.15, -0.1) is 0 Å². The Labute approximate surface area is 112 Å². The lowest BCUT2D eigenvalue weighted by molar-refractivity contribution is 0.0169. The van der Waals surface area contributed by atoms with Crippen molar-refractivity contribution in [2.24, 2.45) is 0 Å². The molecule has 1 rings (SSSR count). The van der Waals surface area contributed by atoms with Crippen molar-refractivity contribution in [3.8, 4) is 0 Å². The Bertz CT molecular complexity index is 430. The van der Waals surface area contributed by atoms with Crippen molar-refractivity contribution in [1.29, 1.82) is 0 Å². The van der Waals surface area contributed by atoms with Crippen molar-refractivity contribution < 1.29 is 24.1 Å². The average Bonchev–Trinajstić information content (AvgIpc) is 2.38. The molecule has 2 unspecified atom stereocenters. The Morgan fingerprint density at radius 1 is 1.61 bits per heavy atom. The summed E-state index contributed by atoms with van der Waals surface area (Å²) in [5, 5.41) is 19.9. The summed E-state index contributed by atoms with van der Waals surface area (Å²) in [5.74, 6) is -1.86. The number of hydrogen-bond donors (Lipinski definition) is 2. The third kappa shape index (κ3) is 3.47. The van der Waals surface area contributed by atoms with Crippen LogP contribution in [0.2, 0.25) is 0 Å². The van der Waals surface area contributed by atoms with Crippen LogP contribution in [-0.2, 0) is 4.74 Å². The number of carbonyl (C=O) groups is 1. The van der Waals surface area contributed by atoms with E-state index in [0.29, 0.717) is 11.8 Å². The molecule has 0 bridgehead atoms. The van der Waals surface area contributed by atoms with Gasteiger partial charge >= 0.3 is 5.97 Å². The summed E-state index contributed by atoms with van der Waals surface area (Å²) in [6, 6.07) is 1.12. The summed E-state index contributed by atoms with van der Waals surface area (Å²) in [4.78, 5) is 14.6. The van der Waals surface area contributed by atoms with Crippen molar-refractivity contribution in [3.05, 3.63) is 29.3 Å². The van der Waals surface area contributed by atoms with Gasteiger partial charge in [0.05, 0.1) is 13.2 Å². The Balaban J connectivity index is 3.00. The molecule has 0 fully saturated rings. The fourth-order valence-electron chi connectivity index (χ4n) is 1.37. The lowest BCUT2D eigenvalue weighted by Crippen LogP contribution is -2.20. The number of ether oxygens (including phenoxy) is 1. The normalized spacial score (nSPS) is 14.1. The molecule has 0 aliphatic heterocycles. The number of esters is 1. The standard InChI is InChI=1S/C11H13BrFNO4/c1-18-11(17)7-4-6(5-14-10(7)13)9(16)8(15)2-3-12/h4-5,8-9,15-16H,2-3H2,1H3. The molecular weight excluding hydrogens is 309 g/mol. The van der Waals surface area contributed by atoms with E-state index in [1.807, 2.05) is 0 Å². The van der Waals surface area contributed by atoms with E-state index >= 15 is 0 Å². The molecule has 0 saturated heterocycles. The molecule has 1 aromatic rings. The second-order valence-corrected chi connectivity index (χ2v) is 4.38. The van der Waals surface area contributed by atoms with Crippen LogP contribution in [-0.4, -0.2) is 39.7 Å². The summed E-state index contributed by atoms with van der Waals surface area (Å²) in [6.45, 7) is 0. The fraction of sp³-hybridized carbons (Fsp3) is 0.455. The minimum Gasteiger partial charge on any atom is -0.465 e. The molecule has 18 heavy (non-hydrogen) atoms. The van der Waals surface area contributed by atoms with Crippen LogP contribution >= 0.6 is 15.9 Å². The maximum Gasteiger partial charge on any atom is 0.342 e. The van der Waals surface area contributed by atoms with Gasteiger partial charge in [0.15, 0.2) is 0 Å². The molecule has 2 N–H and O–H groups in total. The Kier molecular flexibility index (Phi) is 5.64. The fourth-order valence-corrected chi connectivity index (χ4v) is 1.84. The minimum atomic E-state index is -1.24. The van der Waals surface area contributed by atoms with Gasteiger partial charge in [0.25, 0.3) is 0 Å². The minimum absolute atomic E-state index is 0.158. The number of hydrogen-bond acceptors (Lipinski definition) is 5. The van der Waals surface area contributed by atoms with E-state index in [2.05, 4.69) is 25.7 Å².